The number of amides is 1. The zero-order valence-electron chi connectivity index (χ0n) is 16.9. The Morgan fingerprint density at radius 3 is 2.39 bits per heavy atom. The molecule has 0 radical (unpaired) electrons. The van der Waals surface area contributed by atoms with E-state index in [1.807, 2.05) is 25.1 Å². The Morgan fingerprint density at radius 2 is 1.84 bits per heavy atom. The average Bonchev–Trinajstić information content (AvgIpc) is 3.36. The number of carboxylic acids is 2. The second-order valence-corrected chi connectivity index (χ2v) is 8.64. The maximum absolute atomic E-state index is 12.3. The molecule has 2 saturated carbocycles. The second kappa shape index (κ2) is 10.3. The predicted octanol–water partition coefficient (Wildman–Crippen LogP) is 2.81. The highest BCUT2D eigenvalue weighted by molar-refractivity contribution is 7.15. The summed E-state index contributed by atoms with van der Waals surface area (Å²) in [6.45, 7) is 1.87. The van der Waals surface area contributed by atoms with Crippen LogP contribution in [0.1, 0.15) is 52.5 Å². The molecular formula is C21H24N4O5S. The van der Waals surface area contributed by atoms with Gasteiger partial charge in [-0.15, -0.1) is 10.2 Å². The van der Waals surface area contributed by atoms with Crippen molar-refractivity contribution in [1.29, 1.82) is 0 Å². The van der Waals surface area contributed by atoms with Crippen LogP contribution in [0.15, 0.2) is 36.4 Å². The SMILES string of the molecule is Cc1nnc(NC(=O)c2cccc([C@H]3C[C@@H]3NC3CCC3)c2)s1.O=C(O)/C=C/C(=O)O. The van der Waals surface area contributed by atoms with E-state index in [-0.39, 0.29) is 5.91 Å². The van der Waals surface area contributed by atoms with Gasteiger partial charge in [-0.05, 0) is 43.9 Å². The minimum atomic E-state index is -1.26. The third kappa shape index (κ3) is 6.97. The molecule has 9 nitrogen and oxygen atoms in total. The zero-order chi connectivity index (χ0) is 22.4. The monoisotopic (exact) mass is 444 g/mol. The van der Waals surface area contributed by atoms with Crippen LogP contribution in [-0.2, 0) is 9.59 Å². The number of aryl methyl sites for hydroxylation is 1. The molecule has 2 aliphatic rings. The molecule has 2 aromatic rings. The van der Waals surface area contributed by atoms with Gasteiger partial charge in [0.1, 0.15) is 5.01 Å². The van der Waals surface area contributed by atoms with Gasteiger partial charge >= 0.3 is 11.9 Å². The molecule has 0 saturated heterocycles. The van der Waals surface area contributed by atoms with E-state index in [9.17, 15) is 14.4 Å². The first-order chi connectivity index (χ1) is 14.8. The fourth-order valence-electron chi connectivity index (χ4n) is 3.19. The molecule has 1 aromatic carbocycles. The fraction of sp³-hybridized carbons (Fsp3) is 0.381. The molecule has 164 valence electrons. The third-order valence-corrected chi connectivity index (χ3v) is 5.79. The van der Waals surface area contributed by atoms with Crippen LogP contribution in [0.4, 0.5) is 5.13 Å². The van der Waals surface area contributed by atoms with Crippen molar-refractivity contribution >= 4 is 34.3 Å². The van der Waals surface area contributed by atoms with Crippen LogP contribution in [0, 0.1) is 6.92 Å². The number of nitrogens with zero attached hydrogens (tertiary/aromatic N) is 2. The quantitative estimate of drug-likeness (QED) is 0.478. The van der Waals surface area contributed by atoms with Gasteiger partial charge in [-0.3, -0.25) is 10.1 Å². The van der Waals surface area contributed by atoms with Gasteiger partial charge in [0.2, 0.25) is 5.13 Å². The largest absolute Gasteiger partial charge is 0.478 e. The molecule has 4 rings (SSSR count). The Hall–Kier alpha value is -3.11. The lowest BCUT2D eigenvalue weighted by atomic mass is 9.93. The number of nitrogens with one attached hydrogen (secondary N) is 2. The van der Waals surface area contributed by atoms with Gasteiger partial charge in [0, 0.05) is 35.7 Å². The summed E-state index contributed by atoms with van der Waals surface area (Å²) < 4.78 is 0. The lowest BCUT2D eigenvalue weighted by Crippen LogP contribution is -2.37. The van der Waals surface area contributed by atoms with E-state index in [1.165, 1.54) is 42.6 Å². The molecular weight excluding hydrogens is 420 g/mol. The number of hydrogen-bond donors (Lipinski definition) is 4. The van der Waals surface area contributed by atoms with E-state index in [4.69, 9.17) is 10.2 Å². The molecule has 4 N–H and O–H groups in total. The van der Waals surface area contributed by atoms with E-state index < -0.39 is 11.9 Å². The highest BCUT2D eigenvalue weighted by Gasteiger charge is 2.40. The van der Waals surface area contributed by atoms with Gasteiger partial charge < -0.3 is 15.5 Å². The van der Waals surface area contributed by atoms with E-state index in [0.717, 1.165) is 11.0 Å². The lowest BCUT2D eigenvalue weighted by molar-refractivity contribution is -0.134. The first-order valence-electron chi connectivity index (χ1n) is 9.93. The number of aromatic nitrogens is 2. The summed E-state index contributed by atoms with van der Waals surface area (Å²) in [6.07, 6.45) is 6.28. The molecule has 1 amide bonds. The molecule has 2 fully saturated rings. The highest BCUT2D eigenvalue weighted by Crippen LogP contribution is 2.42. The van der Waals surface area contributed by atoms with Crippen LogP contribution in [-0.4, -0.2) is 50.3 Å². The number of hydrogen-bond acceptors (Lipinski definition) is 7. The van der Waals surface area contributed by atoms with Crippen LogP contribution in [0.3, 0.4) is 0 Å². The Morgan fingerprint density at radius 1 is 1.13 bits per heavy atom. The molecule has 31 heavy (non-hydrogen) atoms. The standard InChI is InChI=1S/C17H20N4OS.C4H4O4/c1-10-20-21-17(23-10)19-16(22)12-5-2-4-11(8-12)14-9-15(14)18-13-6-3-7-13;5-3(6)1-2-4(7)8/h2,4-5,8,13-15,18H,3,6-7,9H2,1H3,(H,19,21,22);1-2H,(H,5,6)(H,7,8)/b;2-1+/t14-,15+;/m1./s1. The minimum absolute atomic E-state index is 0.118. The van der Waals surface area contributed by atoms with Crippen LogP contribution in [0.5, 0.6) is 0 Å². The summed E-state index contributed by atoms with van der Waals surface area (Å²) in [6, 6.07) is 9.26. The number of carbonyl (C=O) groups is 3. The number of anilines is 1. The summed E-state index contributed by atoms with van der Waals surface area (Å²) in [5, 5.41) is 31.4. The normalized spacial score (nSPS) is 19.8. The minimum Gasteiger partial charge on any atom is -0.478 e. The second-order valence-electron chi connectivity index (χ2n) is 7.46. The Bertz CT molecular complexity index is 970. The number of aliphatic carboxylic acids is 2. The molecule has 1 heterocycles. The summed E-state index contributed by atoms with van der Waals surface area (Å²) in [4.78, 5) is 31.5. The van der Waals surface area contributed by atoms with Crippen molar-refractivity contribution in [2.24, 2.45) is 0 Å². The highest BCUT2D eigenvalue weighted by atomic mass is 32.1. The maximum atomic E-state index is 12.3. The summed E-state index contributed by atoms with van der Waals surface area (Å²) >= 11 is 1.39. The van der Waals surface area contributed by atoms with Crippen molar-refractivity contribution in [3.63, 3.8) is 0 Å². The van der Waals surface area contributed by atoms with E-state index in [0.29, 0.717) is 34.8 Å². The van der Waals surface area contributed by atoms with Crippen LogP contribution < -0.4 is 10.6 Å². The summed E-state index contributed by atoms with van der Waals surface area (Å²) in [7, 11) is 0. The van der Waals surface area contributed by atoms with Gasteiger partial charge in [0.15, 0.2) is 0 Å². The Balaban J connectivity index is 0.000000293. The van der Waals surface area contributed by atoms with Crippen molar-refractivity contribution in [3.8, 4) is 0 Å². The number of rotatable bonds is 7. The smallest absolute Gasteiger partial charge is 0.328 e. The Labute approximate surface area is 183 Å². The average molecular weight is 445 g/mol. The van der Waals surface area contributed by atoms with E-state index >= 15 is 0 Å². The van der Waals surface area contributed by atoms with E-state index in [2.05, 4.69) is 26.9 Å². The van der Waals surface area contributed by atoms with Crippen molar-refractivity contribution in [2.75, 3.05) is 5.32 Å². The first-order valence-corrected chi connectivity index (χ1v) is 10.7. The lowest BCUT2D eigenvalue weighted by Gasteiger charge is -2.26. The molecule has 2 atom stereocenters. The molecule has 10 heteroatoms. The third-order valence-electron chi connectivity index (χ3n) is 5.04. The van der Waals surface area contributed by atoms with Gasteiger partial charge in [0.05, 0.1) is 0 Å². The summed E-state index contributed by atoms with van der Waals surface area (Å²) in [5.74, 6) is -2.08. The Kier molecular flexibility index (Phi) is 7.48. The fourth-order valence-corrected chi connectivity index (χ4v) is 3.78. The van der Waals surface area contributed by atoms with Crippen molar-refractivity contribution in [2.45, 2.75) is 50.6 Å². The molecule has 1 aromatic heterocycles. The number of carbonyl (C=O) groups excluding carboxylic acids is 1. The molecule has 0 spiro atoms. The summed E-state index contributed by atoms with van der Waals surface area (Å²) in [5.41, 5.74) is 1.94. The van der Waals surface area contributed by atoms with Crippen LogP contribution >= 0.6 is 11.3 Å². The van der Waals surface area contributed by atoms with Crippen molar-refractivity contribution < 1.29 is 24.6 Å². The van der Waals surface area contributed by atoms with Gasteiger partial charge in [-0.2, -0.15) is 0 Å². The van der Waals surface area contributed by atoms with Crippen molar-refractivity contribution in [1.82, 2.24) is 15.5 Å². The van der Waals surface area contributed by atoms with Gasteiger partial charge in [-0.25, -0.2) is 9.59 Å². The zero-order valence-corrected chi connectivity index (χ0v) is 17.8. The van der Waals surface area contributed by atoms with Gasteiger partial charge in [0.25, 0.3) is 5.91 Å². The number of benzene rings is 1. The topological polar surface area (TPSA) is 142 Å². The first kappa shape index (κ1) is 22.6. The maximum Gasteiger partial charge on any atom is 0.328 e. The van der Waals surface area contributed by atoms with E-state index in [1.54, 1.807) is 0 Å². The molecule has 0 bridgehead atoms. The molecule has 0 unspecified atom stereocenters. The van der Waals surface area contributed by atoms with Crippen molar-refractivity contribution in [3.05, 3.63) is 52.6 Å². The predicted molar refractivity (Wildman–Crippen MR) is 115 cm³/mol. The van der Waals surface area contributed by atoms with Gasteiger partial charge in [-0.1, -0.05) is 29.9 Å². The van der Waals surface area contributed by atoms with Crippen LogP contribution in [0.25, 0.3) is 0 Å². The molecule has 2 aliphatic carbocycles. The van der Waals surface area contributed by atoms with Crippen LogP contribution in [0.2, 0.25) is 0 Å². The molecule has 0 aliphatic heterocycles. The number of carboxylic acid groups (broad SMARTS) is 2.